The Morgan fingerprint density at radius 3 is 2.67 bits per heavy atom. The van der Waals surface area contributed by atoms with Gasteiger partial charge in [-0.25, -0.2) is 4.98 Å². The molecule has 5 heteroatoms. The van der Waals surface area contributed by atoms with Crippen molar-refractivity contribution in [2.75, 3.05) is 19.8 Å². The quantitative estimate of drug-likeness (QED) is 0.840. The van der Waals surface area contributed by atoms with Crippen LogP contribution in [-0.4, -0.2) is 29.7 Å². The van der Waals surface area contributed by atoms with E-state index in [4.69, 9.17) is 4.74 Å². The molecule has 1 aliphatic rings. The van der Waals surface area contributed by atoms with Gasteiger partial charge in [0.1, 0.15) is 5.82 Å². The molecule has 0 radical (unpaired) electrons. The summed E-state index contributed by atoms with van der Waals surface area (Å²) in [7, 11) is 0. The summed E-state index contributed by atoms with van der Waals surface area (Å²) in [6.45, 7) is 10.3. The van der Waals surface area contributed by atoms with Gasteiger partial charge in [-0.15, -0.1) is 0 Å². The molecule has 1 unspecified atom stereocenters. The van der Waals surface area contributed by atoms with Crippen molar-refractivity contribution >= 4 is 0 Å². The Labute approximate surface area is 107 Å². The lowest BCUT2D eigenvalue weighted by molar-refractivity contribution is -0.0999. The highest BCUT2D eigenvalue weighted by atomic mass is 16.5. The Balaban J connectivity index is 2.09. The molecule has 1 fully saturated rings. The minimum absolute atomic E-state index is 0.000671. The third-order valence-electron chi connectivity index (χ3n) is 3.43. The number of rotatable bonds is 4. The molecule has 2 rings (SSSR count). The van der Waals surface area contributed by atoms with Crippen molar-refractivity contribution in [3.05, 3.63) is 27.4 Å². The number of aromatic amines is 1. The lowest BCUT2D eigenvalue weighted by atomic mass is 9.88. The first-order valence-corrected chi connectivity index (χ1v) is 6.30. The SMILES string of the molecule is Cc1nc(C)c(C(C)NCC2(C)COC2)c(=O)[nH]1. The summed E-state index contributed by atoms with van der Waals surface area (Å²) in [5.41, 5.74) is 1.68. The van der Waals surface area contributed by atoms with Crippen molar-refractivity contribution in [2.45, 2.75) is 33.7 Å². The van der Waals surface area contributed by atoms with Crippen LogP contribution in [-0.2, 0) is 4.74 Å². The molecular formula is C13H21N3O2. The molecule has 0 aromatic carbocycles. The summed E-state index contributed by atoms with van der Waals surface area (Å²) in [5.74, 6) is 0.660. The van der Waals surface area contributed by atoms with E-state index in [0.717, 1.165) is 31.0 Å². The monoisotopic (exact) mass is 251 g/mol. The van der Waals surface area contributed by atoms with Crippen LogP contribution in [0.5, 0.6) is 0 Å². The fourth-order valence-corrected chi connectivity index (χ4v) is 2.30. The normalized spacial score (nSPS) is 19.3. The Bertz CT molecular complexity index is 491. The van der Waals surface area contributed by atoms with Crippen molar-refractivity contribution in [2.24, 2.45) is 5.41 Å². The molecule has 1 saturated heterocycles. The maximum Gasteiger partial charge on any atom is 0.255 e. The molecule has 0 aliphatic carbocycles. The second kappa shape index (κ2) is 4.82. The molecule has 100 valence electrons. The predicted molar refractivity (Wildman–Crippen MR) is 69.7 cm³/mol. The van der Waals surface area contributed by atoms with Gasteiger partial charge in [-0.3, -0.25) is 4.79 Å². The fraction of sp³-hybridized carbons (Fsp3) is 0.692. The van der Waals surface area contributed by atoms with E-state index in [-0.39, 0.29) is 17.0 Å². The van der Waals surface area contributed by atoms with E-state index in [1.165, 1.54) is 0 Å². The van der Waals surface area contributed by atoms with Crippen LogP contribution in [0.15, 0.2) is 4.79 Å². The molecule has 5 nitrogen and oxygen atoms in total. The lowest BCUT2D eigenvalue weighted by Gasteiger charge is -2.39. The number of H-pyrrole nitrogens is 1. The highest BCUT2D eigenvalue weighted by Crippen LogP contribution is 2.26. The molecule has 1 atom stereocenters. The van der Waals surface area contributed by atoms with Crippen LogP contribution < -0.4 is 10.9 Å². The second-order valence-electron chi connectivity index (χ2n) is 5.56. The number of nitrogens with zero attached hydrogens (tertiary/aromatic N) is 1. The van der Waals surface area contributed by atoms with Crippen LogP contribution in [0.1, 0.15) is 37.0 Å². The standard InChI is InChI=1S/C13H21N3O2/c1-8(14-5-13(4)6-18-7-13)11-9(2)15-10(3)16-12(11)17/h8,14H,5-7H2,1-4H3,(H,15,16,17). The van der Waals surface area contributed by atoms with Gasteiger partial charge >= 0.3 is 0 Å². The highest BCUT2D eigenvalue weighted by Gasteiger charge is 2.33. The highest BCUT2D eigenvalue weighted by molar-refractivity contribution is 5.20. The van der Waals surface area contributed by atoms with Gasteiger partial charge < -0.3 is 15.0 Å². The third-order valence-corrected chi connectivity index (χ3v) is 3.43. The van der Waals surface area contributed by atoms with Crippen molar-refractivity contribution in [3.8, 4) is 0 Å². The van der Waals surface area contributed by atoms with Gasteiger partial charge in [0.25, 0.3) is 5.56 Å². The number of aromatic nitrogens is 2. The zero-order valence-corrected chi connectivity index (χ0v) is 11.5. The van der Waals surface area contributed by atoms with Crippen LogP contribution in [0.3, 0.4) is 0 Å². The van der Waals surface area contributed by atoms with Gasteiger partial charge in [-0.1, -0.05) is 6.92 Å². The molecule has 2 N–H and O–H groups in total. The molecule has 1 aromatic heterocycles. The summed E-state index contributed by atoms with van der Waals surface area (Å²) >= 11 is 0. The fourth-order valence-electron chi connectivity index (χ4n) is 2.30. The molecule has 1 aromatic rings. The van der Waals surface area contributed by atoms with Gasteiger partial charge in [0.15, 0.2) is 0 Å². The summed E-state index contributed by atoms with van der Waals surface area (Å²) in [6, 6.07) is -0.000671. The predicted octanol–water partition coefficient (Wildman–Crippen LogP) is 1.07. The maximum atomic E-state index is 12.0. The van der Waals surface area contributed by atoms with Crippen LogP contribution in [0.25, 0.3) is 0 Å². The summed E-state index contributed by atoms with van der Waals surface area (Å²) in [6.07, 6.45) is 0. The van der Waals surface area contributed by atoms with Crippen molar-refractivity contribution in [3.63, 3.8) is 0 Å². The van der Waals surface area contributed by atoms with E-state index in [1.54, 1.807) is 6.92 Å². The van der Waals surface area contributed by atoms with Crippen molar-refractivity contribution < 1.29 is 4.74 Å². The number of aryl methyl sites for hydroxylation is 2. The van der Waals surface area contributed by atoms with E-state index < -0.39 is 0 Å². The largest absolute Gasteiger partial charge is 0.380 e. The van der Waals surface area contributed by atoms with Gasteiger partial charge in [0.05, 0.1) is 18.8 Å². The van der Waals surface area contributed by atoms with Crippen LogP contribution in [0, 0.1) is 19.3 Å². The summed E-state index contributed by atoms with van der Waals surface area (Å²) in [5, 5.41) is 3.40. The van der Waals surface area contributed by atoms with E-state index >= 15 is 0 Å². The zero-order chi connectivity index (χ0) is 13.3. The molecule has 18 heavy (non-hydrogen) atoms. The molecule has 1 aliphatic heterocycles. The van der Waals surface area contributed by atoms with Crippen LogP contribution in [0.4, 0.5) is 0 Å². The number of nitrogens with one attached hydrogen (secondary N) is 2. The third kappa shape index (κ3) is 2.62. The van der Waals surface area contributed by atoms with E-state index in [9.17, 15) is 4.79 Å². The second-order valence-corrected chi connectivity index (χ2v) is 5.56. The van der Waals surface area contributed by atoms with Crippen molar-refractivity contribution in [1.29, 1.82) is 0 Å². The van der Waals surface area contributed by atoms with E-state index in [2.05, 4.69) is 22.2 Å². The molecule has 0 spiro atoms. The van der Waals surface area contributed by atoms with Gasteiger partial charge in [0.2, 0.25) is 0 Å². The first kappa shape index (κ1) is 13.2. The molecule has 0 saturated carbocycles. The maximum absolute atomic E-state index is 12.0. The Morgan fingerprint density at radius 1 is 1.50 bits per heavy atom. The van der Waals surface area contributed by atoms with Gasteiger partial charge in [0, 0.05) is 23.7 Å². The Morgan fingerprint density at radius 2 is 2.17 bits per heavy atom. The minimum atomic E-state index is -0.0463. The first-order valence-electron chi connectivity index (χ1n) is 6.30. The van der Waals surface area contributed by atoms with Crippen LogP contribution >= 0.6 is 0 Å². The summed E-state index contributed by atoms with van der Waals surface area (Å²) < 4.78 is 5.22. The molecular weight excluding hydrogens is 230 g/mol. The van der Waals surface area contributed by atoms with E-state index in [0.29, 0.717) is 5.82 Å². The first-order chi connectivity index (χ1) is 8.41. The number of hydrogen-bond acceptors (Lipinski definition) is 4. The average molecular weight is 251 g/mol. The Hall–Kier alpha value is -1.20. The molecule has 0 bridgehead atoms. The van der Waals surface area contributed by atoms with E-state index in [1.807, 2.05) is 13.8 Å². The summed E-state index contributed by atoms with van der Waals surface area (Å²) in [4.78, 5) is 19.0. The molecule has 0 amide bonds. The lowest BCUT2D eigenvalue weighted by Crippen LogP contribution is -2.48. The number of hydrogen-bond donors (Lipinski definition) is 2. The smallest absolute Gasteiger partial charge is 0.255 e. The number of ether oxygens (including phenoxy) is 1. The minimum Gasteiger partial charge on any atom is -0.380 e. The topological polar surface area (TPSA) is 67.0 Å². The molecule has 2 heterocycles. The van der Waals surface area contributed by atoms with Gasteiger partial charge in [-0.2, -0.15) is 0 Å². The Kier molecular flexibility index (Phi) is 3.54. The zero-order valence-electron chi connectivity index (χ0n) is 11.5. The van der Waals surface area contributed by atoms with Crippen LogP contribution in [0.2, 0.25) is 0 Å². The van der Waals surface area contributed by atoms with Crippen molar-refractivity contribution in [1.82, 2.24) is 15.3 Å². The average Bonchev–Trinajstić information content (AvgIpc) is 2.22. The van der Waals surface area contributed by atoms with Gasteiger partial charge in [-0.05, 0) is 20.8 Å².